The number of carbonyl (C=O) groups is 1. The monoisotopic (exact) mass is 594 g/mol. The van der Waals surface area contributed by atoms with Crippen molar-refractivity contribution >= 4 is 22.6 Å². The van der Waals surface area contributed by atoms with E-state index in [1.165, 1.54) is 18.2 Å². The van der Waals surface area contributed by atoms with Gasteiger partial charge in [-0.3, -0.25) is 4.79 Å². The Morgan fingerprint density at radius 1 is 1.19 bits per heavy atom. The number of alkyl halides is 3. The van der Waals surface area contributed by atoms with Gasteiger partial charge in [-0.25, -0.2) is 0 Å². The number of aromatic nitrogens is 2. The average molecular weight is 595 g/mol. The summed E-state index contributed by atoms with van der Waals surface area (Å²) in [5, 5.41) is 20.6. The van der Waals surface area contributed by atoms with E-state index < -0.39 is 11.7 Å². The molecule has 9 nitrogen and oxygen atoms in total. The van der Waals surface area contributed by atoms with E-state index in [1.807, 2.05) is 31.9 Å². The first-order valence-corrected chi connectivity index (χ1v) is 14.1. The van der Waals surface area contributed by atoms with Gasteiger partial charge in [0.25, 0.3) is 0 Å². The Hall–Kier alpha value is -4.37. The molecule has 0 aliphatic carbocycles. The van der Waals surface area contributed by atoms with Gasteiger partial charge in [-0.1, -0.05) is 6.58 Å². The summed E-state index contributed by atoms with van der Waals surface area (Å²) in [7, 11) is 2.02. The van der Waals surface area contributed by atoms with Gasteiger partial charge < -0.3 is 24.5 Å². The van der Waals surface area contributed by atoms with E-state index in [-0.39, 0.29) is 58.0 Å². The number of phenolic OH excluding ortho intramolecular Hbond substituents is 1. The summed E-state index contributed by atoms with van der Waals surface area (Å²) in [6, 6.07) is 7.52. The Morgan fingerprint density at radius 3 is 2.51 bits per heavy atom. The Morgan fingerprint density at radius 2 is 1.91 bits per heavy atom. The van der Waals surface area contributed by atoms with Crippen molar-refractivity contribution in [3.8, 4) is 29.0 Å². The molecule has 1 aromatic heterocycles. The molecule has 43 heavy (non-hydrogen) atoms. The van der Waals surface area contributed by atoms with Crippen molar-refractivity contribution in [2.24, 2.45) is 0 Å². The fraction of sp³-hybridized carbons (Fsp3) is 0.419. The molecule has 1 amide bonds. The number of nitriles is 1. The average Bonchev–Trinajstić information content (AvgIpc) is 3.38. The zero-order valence-electron chi connectivity index (χ0n) is 24.2. The van der Waals surface area contributed by atoms with Crippen LogP contribution in [0, 0.1) is 11.3 Å². The van der Waals surface area contributed by atoms with Crippen molar-refractivity contribution < 1.29 is 27.8 Å². The Kier molecular flexibility index (Phi) is 8.21. The molecule has 0 radical (unpaired) electrons. The van der Waals surface area contributed by atoms with E-state index in [1.54, 1.807) is 4.90 Å². The van der Waals surface area contributed by atoms with E-state index in [0.29, 0.717) is 30.9 Å². The standard InChI is InChI=1S/C31H33F3N6O3/c1-5-28(42)39-15-18(2)40(19(3)16-39)29-25-11-20(14-35)23(24-12-22(41)8-9-26(24)31(32,33)34)13-27(25)36-30(37-29)43-17-21-7-6-10-38(21)4/h5,8-9,11-13,18-19,21,41H,1,6-7,10,15-17H2,2-4H3/t18-,19+,21-/m0/s1. The predicted molar refractivity (Wildman–Crippen MR) is 156 cm³/mol. The molecule has 0 spiro atoms. The van der Waals surface area contributed by atoms with Crippen LogP contribution in [0.15, 0.2) is 43.0 Å². The fourth-order valence-electron chi connectivity index (χ4n) is 6.13. The Bertz CT molecular complexity index is 1590. The third kappa shape index (κ3) is 5.95. The second-order valence-corrected chi connectivity index (χ2v) is 11.2. The maximum Gasteiger partial charge on any atom is 0.417 e. The lowest BCUT2D eigenvalue weighted by Crippen LogP contribution is -2.58. The molecule has 2 aliphatic rings. The van der Waals surface area contributed by atoms with Gasteiger partial charge in [-0.2, -0.15) is 28.4 Å². The number of amides is 1. The molecular formula is C31H33F3N6O3. The van der Waals surface area contributed by atoms with Gasteiger partial charge in [0.15, 0.2) is 0 Å². The molecule has 2 aliphatic heterocycles. The van der Waals surface area contributed by atoms with Gasteiger partial charge in [0.05, 0.1) is 22.7 Å². The van der Waals surface area contributed by atoms with Crippen molar-refractivity contribution in [3.63, 3.8) is 0 Å². The van der Waals surface area contributed by atoms with Crippen molar-refractivity contribution in [3.05, 3.63) is 54.1 Å². The van der Waals surface area contributed by atoms with Crippen LogP contribution < -0.4 is 9.64 Å². The number of hydrogen-bond acceptors (Lipinski definition) is 8. The zero-order valence-corrected chi connectivity index (χ0v) is 24.2. The normalized spacial score (nSPS) is 21.2. The molecule has 0 bridgehead atoms. The maximum atomic E-state index is 14.0. The topological polar surface area (TPSA) is 106 Å². The van der Waals surface area contributed by atoms with Crippen molar-refractivity contribution in [1.82, 2.24) is 19.8 Å². The minimum absolute atomic E-state index is 0.0214. The summed E-state index contributed by atoms with van der Waals surface area (Å²) in [6.07, 6.45) is -1.45. The highest BCUT2D eigenvalue weighted by Gasteiger charge is 2.36. The molecule has 2 saturated heterocycles. The minimum atomic E-state index is -4.73. The predicted octanol–water partition coefficient (Wildman–Crippen LogP) is 4.98. The van der Waals surface area contributed by atoms with Gasteiger partial charge in [-0.05, 0) is 82.3 Å². The van der Waals surface area contributed by atoms with Crippen LogP contribution in [-0.2, 0) is 11.0 Å². The van der Waals surface area contributed by atoms with Crippen molar-refractivity contribution in [1.29, 1.82) is 5.26 Å². The summed E-state index contributed by atoms with van der Waals surface area (Å²) < 4.78 is 48.1. The number of ether oxygens (including phenoxy) is 1. The number of anilines is 1. The molecule has 0 unspecified atom stereocenters. The lowest BCUT2D eigenvalue weighted by atomic mass is 9.93. The number of rotatable bonds is 6. The van der Waals surface area contributed by atoms with Gasteiger partial charge >= 0.3 is 12.2 Å². The van der Waals surface area contributed by atoms with Crippen LogP contribution in [0.4, 0.5) is 19.0 Å². The summed E-state index contributed by atoms with van der Waals surface area (Å²) in [4.78, 5) is 27.7. The molecule has 2 aromatic carbocycles. The molecule has 1 N–H and O–H groups in total. The van der Waals surface area contributed by atoms with Crippen LogP contribution in [0.5, 0.6) is 11.8 Å². The molecule has 226 valence electrons. The molecular weight excluding hydrogens is 561 g/mol. The maximum absolute atomic E-state index is 14.0. The van der Waals surface area contributed by atoms with Gasteiger partial charge in [0, 0.05) is 42.2 Å². The lowest BCUT2D eigenvalue weighted by Gasteiger charge is -2.45. The number of likely N-dealkylation sites (tertiary alicyclic amines) is 1. The summed E-state index contributed by atoms with van der Waals surface area (Å²) in [6.45, 7) is 9.56. The fourth-order valence-corrected chi connectivity index (χ4v) is 6.13. The number of piperazine rings is 1. The molecule has 3 aromatic rings. The van der Waals surface area contributed by atoms with Crippen LogP contribution in [-0.4, -0.2) is 82.2 Å². The lowest BCUT2D eigenvalue weighted by molar-refractivity contribution is -0.137. The van der Waals surface area contributed by atoms with E-state index >= 15 is 0 Å². The zero-order chi connectivity index (χ0) is 31.1. The number of hydrogen-bond donors (Lipinski definition) is 1. The highest BCUT2D eigenvalue weighted by Crippen LogP contribution is 2.42. The summed E-state index contributed by atoms with van der Waals surface area (Å²) in [5.41, 5.74) is -1.09. The second kappa shape index (κ2) is 11.7. The Labute approximate surface area is 247 Å². The third-order valence-corrected chi connectivity index (χ3v) is 8.24. The highest BCUT2D eigenvalue weighted by molar-refractivity contribution is 5.96. The van der Waals surface area contributed by atoms with Crippen LogP contribution >= 0.6 is 0 Å². The first-order valence-electron chi connectivity index (χ1n) is 14.1. The number of carbonyl (C=O) groups excluding carboxylic acids is 1. The van der Waals surface area contributed by atoms with E-state index in [2.05, 4.69) is 16.5 Å². The van der Waals surface area contributed by atoms with E-state index in [4.69, 9.17) is 9.72 Å². The molecule has 2 fully saturated rings. The van der Waals surface area contributed by atoms with E-state index in [9.17, 15) is 28.3 Å². The number of halogens is 3. The van der Waals surface area contributed by atoms with Crippen LogP contribution in [0.25, 0.3) is 22.0 Å². The first-order chi connectivity index (χ1) is 20.4. The van der Waals surface area contributed by atoms with Crippen molar-refractivity contribution in [2.75, 3.05) is 38.2 Å². The van der Waals surface area contributed by atoms with Crippen molar-refractivity contribution in [2.45, 2.75) is 51.0 Å². The van der Waals surface area contributed by atoms with Gasteiger partial charge in [0.2, 0.25) is 5.91 Å². The smallest absolute Gasteiger partial charge is 0.417 e. The number of fused-ring (bicyclic) bond motifs is 1. The number of nitrogens with zero attached hydrogens (tertiary/aromatic N) is 6. The molecule has 5 rings (SSSR count). The number of likely N-dealkylation sites (N-methyl/N-ethyl adjacent to an activating group) is 1. The van der Waals surface area contributed by atoms with Gasteiger partial charge in [0.1, 0.15) is 18.2 Å². The molecule has 12 heteroatoms. The van der Waals surface area contributed by atoms with E-state index in [0.717, 1.165) is 37.6 Å². The van der Waals surface area contributed by atoms with Gasteiger partial charge in [-0.15, -0.1) is 0 Å². The van der Waals surface area contributed by atoms with Crippen LogP contribution in [0.1, 0.15) is 37.8 Å². The molecule has 3 atom stereocenters. The SMILES string of the molecule is C=CC(=O)N1C[C@@H](C)N(c2nc(OC[C@@H]3CCCN3C)nc3cc(-c4cc(O)ccc4C(F)(F)F)c(C#N)cc23)[C@@H](C)C1. The summed E-state index contributed by atoms with van der Waals surface area (Å²) in [5.74, 6) is -0.0891. The minimum Gasteiger partial charge on any atom is -0.508 e. The number of phenols is 1. The summed E-state index contributed by atoms with van der Waals surface area (Å²) >= 11 is 0. The highest BCUT2D eigenvalue weighted by atomic mass is 19.4. The molecule has 3 heterocycles. The van der Waals surface area contributed by atoms with Crippen LogP contribution in [0.3, 0.4) is 0 Å². The number of aromatic hydroxyl groups is 1. The second-order valence-electron chi connectivity index (χ2n) is 11.2. The largest absolute Gasteiger partial charge is 0.508 e. The quantitative estimate of drug-likeness (QED) is 0.399. The Balaban J connectivity index is 1.67. The molecule has 0 saturated carbocycles. The number of benzene rings is 2. The third-order valence-electron chi connectivity index (χ3n) is 8.24. The first kappa shape index (κ1) is 30.1. The van der Waals surface area contributed by atoms with Crippen LogP contribution in [0.2, 0.25) is 0 Å².